The lowest BCUT2D eigenvalue weighted by Crippen LogP contribution is -2.18. The molecule has 0 aromatic carbocycles. The first-order valence-electron chi connectivity index (χ1n) is 10.8. The van der Waals surface area contributed by atoms with E-state index in [1.807, 2.05) is 0 Å². The summed E-state index contributed by atoms with van der Waals surface area (Å²) in [5, 5.41) is -0.922. The van der Waals surface area contributed by atoms with E-state index in [-0.39, 0.29) is 26.4 Å². The molecule has 0 saturated heterocycles. The van der Waals surface area contributed by atoms with Crippen molar-refractivity contribution in [1.82, 2.24) is 0 Å². The summed E-state index contributed by atoms with van der Waals surface area (Å²) in [6.45, 7) is 14.1. The molecular weight excluding hydrogens is 410 g/mol. The van der Waals surface area contributed by atoms with E-state index in [9.17, 15) is 9.13 Å². The van der Waals surface area contributed by atoms with Crippen LogP contribution in [0.4, 0.5) is 0 Å². The Hall–Kier alpha value is -0.220. The first-order chi connectivity index (χ1) is 13.7. The van der Waals surface area contributed by atoms with Gasteiger partial charge in [0.1, 0.15) is 0 Å². The van der Waals surface area contributed by atoms with E-state index in [1.54, 1.807) is 27.7 Å². The molecule has 0 spiro atoms. The molecule has 0 fully saturated rings. The Balaban J connectivity index is 5.33. The molecule has 6 nitrogen and oxygen atoms in total. The Labute approximate surface area is 178 Å². The van der Waals surface area contributed by atoms with Gasteiger partial charge in [-0.05, 0) is 80.6 Å². The van der Waals surface area contributed by atoms with Gasteiger partial charge in [-0.15, -0.1) is 0 Å². The van der Waals surface area contributed by atoms with Gasteiger partial charge in [0.15, 0.2) is 5.40 Å². The fourth-order valence-corrected chi connectivity index (χ4v) is 8.43. The van der Waals surface area contributed by atoms with E-state index in [0.29, 0.717) is 12.8 Å². The largest absolute Gasteiger partial charge is 0.345 e. The Bertz CT molecular complexity index is 546. The molecule has 0 unspecified atom stereocenters. The molecule has 0 heterocycles. The highest BCUT2D eigenvalue weighted by molar-refractivity contribution is 7.72. The third-order valence-electron chi connectivity index (χ3n) is 4.22. The Morgan fingerprint density at radius 3 is 1.59 bits per heavy atom. The summed E-state index contributed by atoms with van der Waals surface area (Å²) in [5.41, 5.74) is 2.64. The number of unbranched alkanes of at least 4 members (excludes halogenated alkanes) is 1. The minimum absolute atomic E-state index is 0.204. The average Bonchev–Trinajstić information content (AvgIpc) is 2.61. The lowest BCUT2D eigenvalue weighted by atomic mass is 10.1. The van der Waals surface area contributed by atoms with E-state index in [2.05, 4.69) is 32.9 Å². The van der Waals surface area contributed by atoms with E-state index in [4.69, 9.17) is 18.1 Å². The summed E-state index contributed by atoms with van der Waals surface area (Å²) in [6.07, 6.45) is 8.34. The maximum Gasteiger partial charge on any atom is 0.345 e. The zero-order valence-corrected chi connectivity index (χ0v) is 21.2. The van der Waals surface area contributed by atoms with Gasteiger partial charge in [0.05, 0.1) is 26.4 Å². The Morgan fingerprint density at radius 2 is 1.21 bits per heavy atom. The standard InChI is InChI=1S/C21H42O6P2/c1-8-24-28(22,25-9-2)21(29(23,26-10-3)27-11-4)18-13-12-16-20(7)17-14-15-19(5)6/h15-16,21H,8-14,17-18H2,1-7H3/b20-16-. The predicted molar refractivity (Wildman–Crippen MR) is 122 cm³/mol. The highest BCUT2D eigenvalue weighted by Gasteiger charge is 2.50. The van der Waals surface area contributed by atoms with Crippen LogP contribution in [0.25, 0.3) is 0 Å². The summed E-state index contributed by atoms with van der Waals surface area (Å²) >= 11 is 0. The van der Waals surface area contributed by atoms with Crippen molar-refractivity contribution in [3.8, 4) is 0 Å². The van der Waals surface area contributed by atoms with Crippen molar-refractivity contribution in [3.63, 3.8) is 0 Å². The Morgan fingerprint density at radius 1 is 0.759 bits per heavy atom. The van der Waals surface area contributed by atoms with Crippen molar-refractivity contribution >= 4 is 15.2 Å². The van der Waals surface area contributed by atoms with E-state index in [1.165, 1.54) is 11.1 Å². The monoisotopic (exact) mass is 452 g/mol. The van der Waals surface area contributed by atoms with Gasteiger partial charge < -0.3 is 18.1 Å². The van der Waals surface area contributed by atoms with E-state index in [0.717, 1.165) is 19.3 Å². The van der Waals surface area contributed by atoms with Crippen LogP contribution in [0.2, 0.25) is 0 Å². The van der Waals surface area contributed by atoms with Crippen LogP contribution < -0.4 is 0 Å². The van der Waals surface area contributed by atoms with Crippen molar-refractivity contribution in [1.29, 1.82) is 0 Å². The SMILES string of the molecule is CCOP(=O)(OCC)C(CCC/C=C(/C)CCC=C(C)C)P(=O)(OCC)OCC. The van der Waals surface area contributed by atoms with Gasteiger partial charge in [-0.2, -0.15) is 0 Å². The second kappa shape index (κ2) is 15.6. The smallest absolute Gasteiger partial charge is 0.308 e. The van der Waals surface area contributed by atoms with Crippen LogP contribution in [0.3, 0.4) is 0 Å². The quantitative estimate of drug-likeness (QED) is 0.128. The van der Waals surface area contributed by atoms with Crippen molar-refractivity contribution in [2.45, 2.75) is 86.0 Å². The van der Waals surface area contributed by atoms with Gasteiger partial charge >= 0.3 is 15.2 Å². The van der Waals surface area contributed by atoms with Gasteiger partial charge in [0.25, 0.3) is 0 Å². The lowest BCUT2D eigenvalue weighted by Gasteiger charge is -2.31. The van der Waals surface area contributed by atoms with Crippen LogP contribution in [-0.4, -0.2) is 31.8 Å². The normalized spacial score (nSPS) is 13.2. The van der Waals surface area contributed by atoms with Crippen LogP contribution in [0, 0.1) is 0 Å². The van der Waals surface area contributed by atoms with Crippen LogP contribution in [0.15, 0.2) is 23.3 Å². The maximum absolute atomic E-state index is 13.4. The zero-order chi connectivity index (χ0) is 22.3. The number of hydrogen-bond donors (Lipinski definition) is 0. The minimum atomic E-state index is -3.64. The minimum Gasteiger partial charge on any atom is -0.308 e. The van der Waals surface area contributed by atoms with Crippen molar-refractivity contribution < 1.29 is 27.2 Å². The van der Waals surface area contributed by atoms with Crippen LogP contribution in [-0.2, 0) is 27.2 Å². The zero-order valence-electron chi connectivity index (χ0n) is 19.4. The van der Waals surface area contributed by atoms with Crippen molar-refractivity contribution in [3.05, 3.63) is 23.3 Å². The molecule has 0 rings (SSSR count). The number of rotatable bonds is 17. The van der Waals surface area contributed by atoms with Gasteiger partial charge in [-0.25, -0.2) is 0 Å². The third-order valence-corrected chi connectivity index (χ3v) is 10.4. The molecular formula is C21H42O6P2. The molecule has 0 radical (unpaired) electrons. The van der Waals surface area contributed by atoms with Crippen LogP contribution >= 0.6 is 15.2 Å². The lowest BCUT2D eigenvalue weighted by molar-refractivity contribution is 0.193. The molecule has 0 aliphatic rings. The summed E-state index contributed by atoms with van der Waals surface area (Å²) in [4.78, 5) is 0. The van der Waals surface area contributed by atoms with Gasteiger partial charge in [-0.3, -0.25) is 9.13 Å². The first kappa shape index (κ1) is 28.8. The molecule has 172 valence electrons. The molecule has 29 heavy (non-hydrogen) atoms. The predicted octanol–water partition coefficient (Wildman–Crippen LogP) is 7.71. The number of allylic oxidation sites excluding steroid dienone is 4. The molecule has 0 N–H and O–H groups in total. The molecule has 0 aromatic heterocycles. The van der Waals surface area contributed by atoms with Gasteiger partial charge in [0.2, 0.25) is 0 Å². The third kappa shape index (κ3) is 11.1. The molecule has 0 amide bonds. The summed E-state index contributed by atoms with van der Waals surface area (Å²) in [7, 11) is -7.29. The second-order valence-corrected chi connectivity index (χ2v) is 11.9. The van der Waals surface area contributed by atoms with Crippen LogP contribution in [0.5, 0.6) is 0 Å². The Kier molecular flexibility index (Phi) is 15.4. The molecule has 0 aromatic rings. The highest BCUT2D eigenvalue weighted by Crippen LogP contribution is 2.71. The van der Waals surface area contributed by atoms with Crippen molar-refractivity contribution in [2.24, 2.45) is 0 Å². The van der Waals surface area contributed by atoms with E-state index < -0.39 is 20.6 Å². The topological polar surface area (TPSA) is 71.1 Å². The molecule has 0 bridgehead atoms. The molecule has 0 atom stereocenters. The van der Waals surface area contributed by atoms with Crippen LogP contribution in [0.1, 0.15) is 80.6 Å². The molecule has 8 heteroatoms. The van der Waals surface area contributed by atoms with Gasteiger partial charge in [0, 0.05) is 0 Å². The molecule has 0 saturated carbocycles. The fourth-order valence-electron chi connectivity index (χ4n) is 2.97. The molecule has 0 aliphatic heterocycles. The summed E-state index contributed by atoms with van der Waals surface area (Å²) in [5.74, 6) is 0. The average molecular weight is 453 g/mol. The summed E-state index contributed by atoms with van der Waals surface area (Å²) in [6, 6.07) is 0. The number of hydrogen-bond acceptors (Lipinski definition) is 6. The van der Waals surface area contributed by atoms with Crippen molar-refractivity contribution in [2.75, 3.05) is 26.4 Å². The highest BCUT2D eigenvalue weighted by atomic mass is 31.2. The fraction of sp³-hybridized carbons (Fsp3) is 0.810. The molecule has 0 aliphatic carbocycles. The summed E-state index contributed by atoms with van der Waals surface area (Å²) < 4.78 is 48.9. The second-order valence-electron chi connectivity index (χ2n) is 7.03. The van der Waals surface area contributed by atoms with Gasteiger partial charge in [-0.1, -0.05) is 23.3 Å². The van der Waals surface area contributed by atoms with E-state index >= 15 is 0 Å². The first-order valence-corrected chi connectivity index (χ1v) is 14.0. The maximum atomic E-state index is 13.4.